The Morgan fingerprint density at radius 1 is 1.44 bits per heavy atom. The maximum absolute atomic E-state index is 12.3. The van der Waals surface area contributed by atoms with E-state index >= 15 is 0 Å². The number of amides is 1. The summed E-state index contributed by atoms with van der Waals surface area (Å²) in [6.07, 6.45) is -0.560. The Balaban J connectivity index is 2.68. The molecule has 1 aliphatic rings. The number of hydrogen-bond acceptors (Lipinski definition) is 4. The van der Waals surface area contributed by atoms with Gasteiger partial charge in [0.15, 0.2) is 0 Å². The predicted octanol–water partition coefficient (Wildman–Crippen LogP) is 0.0766. The molecule has 104 valence electrons. The Kier molecular flexibility index (Phi) is 5.10. The van der Waals surface area contributed by atoms with Gasteiger partial charge in [0.25, 0.3) is 5.91 Å². The number of rotatable bonds is 4. The summed E-state index contributed by atoms with van der Waals surface area (Å²) in [7, 11) is 0. The minimum atomic E-state index is -0.903. The Morgan fingerprint density at radius 2 is 2.11 bits per heavy atom. The molecule has 18 heavy (non-hydrogen) atoms. The molecule has 1 atom stereocenters. The lowest BCUT2D eigenvalue weighted by molar-refractivity contribution is -0.151. The SMILES string of the molecule is CC(C)(C)N(CCC(=O)O)C(=O)C1CNCCO1. The third kappa shape index (κ3) is 4.27. The van der Waals surface area contributed by atoms with E-state index in [0.717, 1.165) is 6.54 Å². The number of hydrogen-bond donors (Lipinski definition) is 2. The highest BCUT2D eigenvalue weighted by Gasteiger charge is 2.33. The first-order valence-corrected chi connectivity index (χ1v) is 6.18. The average molecular weight is 258 g/mol. The van der Waals surface area contributed by atoms with Crippen molar-refractivity contribution in [2.75, 3.05) is 26.2 Å². The first-order valence-electron chi connectivity index (χ1n) is 6.18. The van der Waals surface area contributed by atoms with Crippen molar-refractivity contribution >= 4 is 11.9 Å². The molecule has 1 heterocycles. The number of nitrogens with zero attached hydrogens (tertiary/aromatic N) is 1. The molecule has 0 aromatic carbocycles. The number of nitrogens with one attached hydrogen (secondary N) is 1. The van der Waals surface area contributed by atoms with Gasteiger partial charge in [0.2, 0.25) is 0 Å². The first kappa shape index (κ1) is 14.9. The summed E-state index contributed by atoms with van der Waals surface area (Å²) in [4.78, 5) is 24.6. The highest BCUT2D eigenvalue weighted by Crippen LogP contribution is 2.16. The van der Waals surface area contributed by atoms with Gasteiger partial charge in [-0.25, -0.2) is 0 Å². The molecule has 0 aromatic rings. The molecular weight excluding hydrogens is 236 g/mol. The number of carbonyl (C=O) groups is 2. The smallest absolute Gasteiger partial charge is 0.305 e. The van der Waals surface area contributed by atoms with Crippen LogP contribution in [0.1, 0.15) is 27.2 Å². The van der Waals surface area contributed by atoms with Crippen molar-refractivity contribution in [1.82, 2.24) is 10.2 Å². The summed E-state index contributed by atoms with van der Waals surface area (Å²) in [5.41, 5.74) is -0.409. The Bertz CT molecular complexity index is 306. The van der Waals surface area contributed by atoms with Crippen molar-refractivity contribution in [2.24, 2.45) is 0 Å². The predicted molar refractivity (Wildman–Crippen MR) is 66.3 cm³/mol. The summed E-state index contributed by atoms with van der Waals surface area (Å²) in [6, 6.07) is 0. The second-order valence-electron chi connectivity index (χ2n) is 5.37. The molecule has 2 N–H and O–H groups in total. The van der Waals surface area contributed by atoms with Crippen LogP contribution in [0.15, 0.2) is 0 Å². The Labute approximate surface area is 107 Å². The van der Waals surface area contributed by atoms with E-state index in [1.807, 2.05) is 20.8 Å². The zero-order valence-electron chi connectivity index (χ0n) is 11.2. The van der Waals surface area contributed by atoms with Crippen LogP contribution in [0.2, 0.25) is 0 Å². The van der Waals surface area contributed by atoms with Gasteiger partial charge >= 0.3 is 5.97 Å². The molecule has 0 aliphatic carbocycles. The van der Waals surface area contributed by atoms with Crippen LogP contribution in [-0.4, -0.2) is 59.8 Å². The van der Waals surface area contributed by atoms with Gasteiger partial charge in [-0.15, -0.1) is 0 Å². The fraction of sp³-hybridized carbons (Fsp3) is 0.833. The van der Waals surface area contributed by atoms with E-state index in [0.29, 0.717) is 13.2 Å². The molecule has 0 bridgehead atoms. The zero-order valence-corrected chi connectivity index (χ0v) is 11.2. The van der Waals surface area contributed by atoms with E-state index in [2.05, 4.69) is 5.32 Å². The van der Waals surface area contributed by atoms with Crippen LogP contribution in [0.25, 0.3) is 0 Å². The molecule has 1 fully saturated rings. The van der Waals surface area contributed by atoms with Crippen LogP contribution in [-0.2, 0) is 14.3 Å². The number of carbonyl (C=O) groups excluding carboxylic acids is 1. The second-order valence-corrected chi connectivity index (χ2v) is 5.37. The molecule has 1 saturated heterocycles. The topological polar surface area (TPSA) is 78.9 Å². The van der Waals surface area contributed by atoms with Crippen LogP contribution in [0.5, 0.6) is 0 Å². The Hall–Kier alpha value is -1.14. The summed E-state index contributed by atoms with van der Waals surface area (Å²) in [6.45, 7) is 7.62. The van der Waals surface area contributed by atoms with E-state index in [1.165, 1.54) is 0 Å². The van der Waals surface area contributed by atoms with E-state index in [9.17, 15) is 9.59 Å². The van der Waals surface area contributed by atoms with Gasteiger partial charge in [-0.3, -0.25) is 9.59 Å². The van der Waals surface area contributed by atoms with Crippen LogP contribution in [0, 0.1) is 0 Å². The van der Waals surface area contributed by atoms with Crippen molar-refractivity contribution in [1.29, 1.82) is 0 Å². The van der Waals surface area contributed by atoms with Crippen LogP contribution in [0.4, 0.5) is 0 Å². The van der Waals surface area contributed by atoms with Crippen LogP contribution in [0.3, 0.4) is 0 Å². The van der Waals surface area contributed by atoms with E-state index in [4.69, 9.17) is 9.84 Å². The minimum Gasteiger partial charge on any atom is -0.481 e. The standard InChI is InChI=1S/C12H22N2O4/c1-12(2,3)14(6-4-10(15)16)11(17)9-8-13-5-7-18-9/h9,13H,4-8H2,1-3H3,(H,15,16). The van der Waals surface area contributed by atoms with E-state index in [-0.39, 0.29) is 18.9 Å². The zero-order chi connectivity index (χ0) is 13.8. The number of ether oxygens (including phenoxy) is 1. The molecule has 1 aliphatic heterocycles. The fourth-order valence-electron chi connectivity index (χ4n) is 1.88. The van der Waals surface area contributed by atoms with Crippen LogP contribution >= 0.6 is 0 Å². The molecule has 6 heteroatoms. The van der Waals surface area contributed by atoms with Crippen molar-refractivity contribution in [3.8, 4) is 0 Å². The molecule has 1 rings (SSSR count). The van der Waals surface area contributed by atoms with Gasteiger partial charge in [0.1, 0.15) is 6.10 Å². The molecule has 1 amide bonds. The van der Waals surface area contributed by atoms with Crippen molar-refractivity contribution in [2.45, 2.75) is 38.8 Å². The Morgan fingerprint density at radius 3 is 2.56 bits per heavy atom. The molecule has 1 unspecified atom stereocenters. The maximum Gasteiger partial charge on any atom is 0.305 e. The fourth-order valence-corrected chi connectivity index (χ4v) is 1.88. The summed E-state index contributed by atoms with van der Waals surface area (Å²) in [5.74, 6) is -1.05. The largest absolute Gasteiger partial charge is 0.481 e. The first-order chi connectivity index (χ1) is 8.32. The molecule has 0 spiro atoms. The normalized spacial score (nSPS) is 20.5. The van der Waals surface area contributed by atoms with Crippen molar-refractivity contribution < 1.29 is 19.4 Å². The molecular formula is C12H22N2O4. The van der Waals surface area contributed by atoms with Gasteiger partial charge in [-0.05, 0) is 20.8 Å². The van der Waals surface area contributed by atoms with Crippen molar-refractivity contribution in [3.63, 3.8) is 0 Å². The third-order valence-electron chi connectivity index (χ3n) is 2.83. The lowest BCUT2D eigenvalue weighted by atomic mass is 10.0. The highest BCUT2D eigenvalue weighted by molar-refractivity contribution is 5.82. The lowest BCUT2D eigenvalue weighted by Crippen LogP contribution is -2.55. The van der Waals surface area contributed by atoms with Gasteiger partial charge < -0.3 is 20.1 Å². The van der Waals surface area contributed by atoms with Gasteiger partial charge in [0.05, 0.1) is 13.0 Å². The molecule has 0 saturated carbocycles. The van der Waals surface area contributed by atoms with E-state index < -0.39 is 17.6 Å². The summed E-state index contributed by atoms with van der Waals surface area (Å²) >= 11 is 0. The maximum atomic E-state index is 12.3. The quantitative estimate of drug-likeness (QED) is 0.746. The summed E-state index contributed by atoms with van der Waals surface area (Å²) in [5, 5.41) is 11.8. The minimum absolute atomic E-state index is 0.0524. The molecule has 0 radical (unpaired) electrons. The van der Waals surface area contributed by atoms with Gasteiger partial charge in [-0.2, -0.15) is 0 Å². The molecule has 6 nitrogen and oxygen atoms in total. The number of carboxylic acid groups (broad SMARTS) is 1. The second kappa shape index (κ2) is 6.15. The number of aliphatic carboxylic acids is 1. The monoisotopic (exact) mass is 258 g/mol. The van der Waals surface area contributed by atoms with Crippen molar-refractivity contribution in [3.05, 3.63) is 0 Å². The van der Waals surface area contributed by atoms with Crippen LogP contribution < -0.4 is 5.32 Å². The number of carboxylic acids is 1. The molecule has 0 aromatic heterocycles. The number of morpholine rings is 1. The van der Waals surface area contributed by atoms with E-state index in [1.54, 1.807) is 4.90 Å². The van der Waals surface area contributed by atoms with Gasteiger partial charge in [0, 0.05) is 25.2 Å². The third-order valence-corrected chi connectivity index (χ3v) is 2.83. The average Bonchev–Trinajstić information content (AvgIpc) is 2.28. The highest BCUT2D eigenvalue weighted by atomic mass is 16.5. The lowest BCUT2D eigenvalue weighted by Gasteiger charge is -2.38. The summed E-state index contributed by atoms with van der Waals surface area (Å²) < 4.78 is 5.42. The van der Waals surface area contributed by atoms with Gasteiger partial charge in [-0.1, -0.05) is 0 Å².